The second-order valence-corrected chi connectivity index (χ2v) is 10.3. The summed E-state index contributed by atoms with van der Waals surface area (Å²) >= 11 is 0. The lowest BCUT2D eigenvalue weighted by molar-refractivity contribution is -0.139. The molecule has 1 amide bonds. The van der Waals surface area contributed by atoms with Crippen molar-refractivity contribution >= 4 is 15.9 Å². The van der Waals surface area contributed by atoms with Gasteiger partial charge in [-0.1, -0.05) is 26.0 Å². The number of carbonyl (C=O) groups excluding carboxylic acids is 1. The van der Waals surface area contributed by atoms with E-state index in [4.69, 9.17) is 0 Å². The van der Waals surface area contributed by atoms with Gasteiger partial charge in [-0.15, -0.1) is 0 Å². The van der Waals surface area contributed by atoms with Gasteiger partial charge in [0.25, 0.3) is 0 Å². The lowest BCUT2D eigenvalue weighted by atomic mass is 9.91. The van der Waals surface area contributed by atoms with Crippen LogP contribution in [0.5, 0.6) is 0 Å². The van der Waals surface area contributed by atoms with E-state index in [0.717, 1.165) is 19.5 Å². The highest BCUT2D eigenvalue weighted by Gasteiger charge is 2.35. The number of hydrogen-bond acceptors (Lipinski definition) is 5. The molecule has 0 spiro atoms. The first-order valence-corrected chi connectivity index (χ1v) is 11.7. The summed E-state index contributed by atoms with van der Waals surface area (Å²) in [5.74, 6) is 1.16. The first-order chi connectivity index (χ1) is 13.7. The summed E-state index contributed by atoms with van der Waals surface area (Å²) in [5.41, 5.74) is 0.159. The van der Waals surface area contributed by atoms with Gasteiger partial charge in [-0.3, -0.25) is 9.69 Å². The van der Waals surface area contributed by atoms with Gasteiger partial charge < -0.3 is 4.90 Å². The van der Waals surface area contributed by atoms with Crippen LogP contribution in [-0.4, -0.2) is 73.7 Å². The van der Waals surface area contributed by atoms with E-state index in [2.05, 4.69) is 18.7 Å². The summed E-state index contributed by atoms with van der Waals surface area (Å²) in [5, 5.41) is 9.23. The summed E-state index contributed by atoms with van der Waals surface area (Å²) in [4.78, 5) is 17.1. The van der Waals surface area contributed by atoms with Gasteiger partial charge in [0.1, 0.15) is 6.07 Å². The van der Waals surface area contributed by atoms with Crippen LogP contribution in [0.3, 0.4) is 0 Å². The van der Waals surface area contributed by atoms with E-state index in [1.165, 1.54) is 16.4 Å². The van der Waals surface area contributed by atoms with Crippen molar-refractivity contribution in [2.45, 2.75) is 38.1 Å². The molecular formula is C21H30N4O3S. The summed E-state index contributed by atoms with van der Waals surface area (Å²) in [6.07, 6.45) is 1.15. The fraction of sp³-hybridized carbons (Fsp3) is 0.619. The van der Waals surface area contributed by atoms with Crippen LogP contribution in [0.1, 0.15) is 32.8 Å². The number of nitrogens with zero attached hydrogens (tertiary/aromatic N) is 4. The van der Waals surface area contributed by atoms with E-state index in [-0.39, 0.29) is 22.4 Å². The molecule has 2 saturated heterocycles. The maximum absolute atomic E-state index is 13.0. The summed E-state index contributed by atoms with van der Waals surface area (Å²) in [7, 11) is -3.72. The molecule has 0 bridgehead atoms. The molecule has 2 aliphatic heterocycles. The molecule has 0 aliphatic carbocycles. The Hall–Kier alpha value is -1.95. The molecule has 7 nitrogen and oxygen atoms in total. The number of carbonyl (C=O) groups is 1. The second kappa shape index (κ2) is 8.82. The molecule has 158 valence electrons. The van der Waals surface area contributed by atoms with Crippen molar-refractivity contribution in [2.24, 2.45) is 11.8 Å². The molecule has 1 aromatic rings. The van der Waals surface area contributed by atoms with Crippen LogP contribution < -0.4 is 0 Å². The zero-order chi connectivity index (χ0) is 21.2. The Bertz CT molecular complexity index is 877. The zero-order valence-corrected chi connectivity index (χ0v) is 18.2. The number of hydrogen-bond donors (Lipinski definition) is 0. The molecule has 1 aromatic carbocycles. The SMILES string of the molecule is C[C@H]1C[C@H](C)CN(C(=O)[C@@H](C)N2CCN(S(=O)(=O)c3ccccc3C#N)CC2)C1. The van der Waals surface area contributed by atoms with Crippen molar-refractivity contribution in [1.29, 1.82) is 5.26 Å². The van der Waals surface area contributed by atoms with Crippen LogP contribution in [0.4, 0.5) is 0 Å². The number of amides is 1. The second-order valence-electron chi connectivity index (χ2n) is 8.41. The molecule has 29 heavy (non-hydrogen) atoms. The van der Waals surface area contributed by atoms with Crippen LogP contribution in [0.25, 0.3) is 0 Å². The maximum atomic E-state index is 13.0. The molecule has 0 aromatic heterocycles. The van der Waals surface area contributed by atoms with E-state index in [9.17, 15) is 18.5 Å². The maximum Gasteiger partial charge on any atom is 0.244 e. The summed E-state index contributed by atoms with van der Waals surface area (Å²) in [6.45, 7) is 9.51. The molecule has 2 heterocycles. The number of piperazine rings is 1. The normalized spacial score (nSPS) is 25.4. The zero-order valence-electron chi connectivity index (χ0n) is 17.4. The van der Waals surface area contributed by atoms with Crippen LogP contribution in [0, 0.1) is 23.2 Å². The number of benzene rings is 1. The third kappa shape index (κ3) is 4.63. The highest BCUT2D eigenvalue weighted by molar-refractivity contribution is 7.89. The van der Waals surface area contributed by atoms with E-state index >= 15 is 0 Å². The molecule has 3 atom stereocenters. The molecule has 0 saturated carbocycles. The molecule has 0 radical (unpaired) electrons. The number of piperidine rings is 1. The lowest BCUT2D eigenvalue weighted by Gasteiger charge is -2.41. The minimum absolute atomic E-state index is 0.0522. The average Bonchev–Trinajstić information content (AvgIpc) is 2.72. The Balaban J connectivity index is 1.64. The van der Waals surface area contributed by atoms with Gasteiger partial charge in [-0.25, -0.2) is 8.42 Å². The van der Waals surface area contributed by atoms with E-state index in [1.807, 2.05) is 17.9 Å². The molecule has 0 unspecified atom stereocenters. The van der Waals surface area contributed by atoms with E-state index in [0.29, 0.717) is 38.0 Å². The third-order valence-electron chi connectivity index (χ3n) is 5.98. The van der Waals surface area contributed by atoms with Crippen molar-refractivity contribution in [3.63, 3.8) is 0 Å². The average molecular weight is 419 g/mol. The first-order valence-electron chi connectivity index (χ1n) is 10.3. The Morgan fingerprint density at radius 3 is 2.28 bits per heavy atom. The Morgan fingerprint density at radius 1 is 1.10 bits per heavy atom. The molecule has 2 aliphatic rings. The van der Waals surface area contributed by atoms with Crippen molar-refractivity contribution < 1.29 is 13.2 Å². The van der Waals surface area contributed by atoms with Crippen molar-refractivity contribution in [2.75, 3.05) is 39.3 Å². The van der Waals surface area contributed by atoms with Crippen molar-refractivity contribution in [3.05, 3.63) is 29.8 Å². The number of nitriles is 1. The van der Waals surface area contributed by atoms with Crippen LogP contribution in [0.15, 0.2) is 29.2 Å². The predicted molar refractivity (Wildman–Crippen MR) is 110 cm³/mol. The Kier molecular flexibility index (Phi) is 6.62. The van der Waals surface area contributed by atoms with Gasteiger partial charge in [0.15, 0.2) is 0 Å². The summed E-state index contributed by atoms with van der Waals surface area (Å²) in [6, 6.07) is 7.98. The van der Waals surface area contributed by atoms with E-state index < -0.39 is 10.0 Å². The lowest BCUT2D eigenvalue weighted by Crippen LogP contribution is -2.56. The molecule has 8 heteroatoms. The van der Waals surface area contributed by atoms with Crippen molar-refractivity contribution in [1.82, 2.24) is 14.1 Å². The van der Waals surface area contributed by atoms with Crippen LogP contribution >= 0.6 is 0 Å². The van der Waals surface area contributed by atoms with E-state index in [1.54, 1.807) is 12.1 Å². The number of rotatable bonds is 4. The molecule has 2 fully saturated rings. The fourth-order valence-corrected chi connectivity index (χ4v) is 6.08. The van der Waals surface area contributed by atoms with Gasteiger partial charge in [0, 0.05) is 39.3 Å². The summed E-state index contributed by atoms with van der Waals surface area (Å²) < 4.78 is 27.4. The van der Waals surface area contributed by atoms with Crippen LogP contribution in [-0.2, 0) is 14.8 Å². The third-order valence-corrected chi connectivity index (χ3v) is 7.94. The van der Waals surface area contributed by atoms with Gasteiger partial charge >= 0.3 is 0 Å². The first kappa shape index (κ1) is 21.8. The van der Waals surface area contributed by atoms with Gasteiger partial charge in [-0.2, -0.15) is 9.57 Å². The monoisotopic (exact) mass is 418 g/mol. The minimum atomic E-state index is -3.72. The van der Waals surface area contributed by atoms with Gasteiger partial charge in [0.05, 0.1) is 16.5 Å². The topological polar surface area (TPSA) is 84.7 Å². The Labute approximate surface area is 173 Å². The minimum Gasteiger partial charge on any atom is -0.341 e. The number of likely N-dealkylation sites (tertiary alicyclic amines) is 1. The van der Waals surface area contributed by atoms with Crippen molar-refractivity contribution in [3.8, 4) is 6.07 Å². The predicted octanol–water partition coefficient (Wildman–Crippen LogP) is 1.76. The molecular weight excluding hydrogens is 388 g/mol. The molecule has 0 N–H and O–H groups in total. The fourth-order valence-electron chi connectivity index (χ4n) is 4.52. The number of sulfonamides is 1. The Morgan fingerprint density at radius 2 is 1.69 bits per heavy atom. The standard InChI is InChI=1S/C21H30N4O3S/c1-16-12-17(2)15-24(14-16)21(26)18(3)23-8-10-25(11-9-23)29(27,28)20-7-5-4-6-19(20)13-22/h4-7,16-18H,8-12,14-15H2,1-3H3/t16-,17-,18+/m0/s1. The highest BCUT2D eigenvalue weighted by atomic mass is 32.2. The van der Waals surface area contributed by atoms with Gasteiger partial charge in [0.2, 0.25) is 15.9 Å². The largest absolute Gasteiger partial charge is 0.341 e. The van der Waals surface area contributed by atoms with Crippen LogP contribution in [0.2, 0.25) is 0 Å². The quantitative estimate of drug-likeness (QED) is 0.744. The smallest absolute Gasteiger partial charge is 0.244 e. The van der Waals surface area contributed by atoms with Gasteiger partial charge in [-0.05, 0) is 37.3 Å². The molecule has 3 rings (SSSR count). The highest BCUT2D eigenvalue weighted by Crippen LogP contribution is 2.24.